The average Bonchev–Trinajstić information content (AvgIpc) is 3.21. The van der Waals surface area contributed by atoms with Gasteiger partial charge in [-0.05, 0) is 13.8 Å². The maximum Gasteiger partial charge on any atom is 0.270 e. The van der Waals surface area contributed by atoms with Gasteiger partial charge in [-0.3, -0.25) is 9.59 Å². The summed E-state index contributed by atoms with van der Waals surface area (Å²) in [4.78, 5) is 23.7. The molecule has 2 atom stereocenters. The largest absolute Gasteiger partial charge is 0.315 e. The Labute approximate surface area is 185 Å². The lowest BCUT2D eigenvalue weighted by molar-refractivity contribution is -0.135. The minimum Gasteiger partial charge on any atom is -0.315 e. The molecule has 168 valence electrons. The molecule has 10 nitrogen and oxygen atoms in total. The van der Waals surface area contributed by atoms with Crippen LogP contribution in [-0.2, 0) is 9.59 Å². The van der Waals surface area contributed by atoms with E-state index in [9.17, 15) is 9.59 Å². The molecule has 0 aliphatic carbocycles. The molecule has 2 aliphatic heterocycles. The summed E-state index contributed by atoms with van der Waals surface area (Å²) >= 11 is 0. The van der Waals surface area contributed by atoms with E-state index in [0.29, 0.717) is 11.4 Å². The minimum atomic E-state index is -1.17. The van der Waals surface area contributed by atoms with Crippen LogP contribution in [0.5, 0.6) is 0 Å². The highest BCUT2D eigenvalue weighted by molar-refractivity contribution is 6.23. The second-order valence-corrected chi connectivity index (χ2v) is 7.76. The van der Waals surface area contributed by atoms with Crippen molar-refractivity contribution in [1.82, 2.24) is 21.0 Å². The van der Waals surface area contributed by atoms with Crippen LogP contribution < -0.4 is 11.0 Å². The molecule has 0 fully saturated rings. The Morgan fingerprint density at radius 1 is 0.688 bits per heavy atom. The summed E-state index contributed by atoms with van der Waals surface area (Å²) in [7, 11) is 3.13. The van der Waals surface area contributed by atoms with E-state index in [2.05, 4.69) is 10.2 Å². The van der Waals surface area contributed by atoms with Gasteiger partial charge >= 0.3 is 0 Å². The molecule has 2 aliphatic rings. The quantitative estimate of drug-likeness (QED) is 0.531. The normalized spacial score (nSPS) is 24.8. The van der Waals surface area contributed by atoms with Crippen molar-refractivity contribution < 1.29 is 20.0 Å². The van der Waals surface area contributed by atoms with Crippen molar-refractivity contribution >= 4 is 23.2 Å². The molecule has 0 radical (unpaired) electrons. The van der Waals surface area contributed by atoms with Crippen LogP contribution in [0, 0.1) is 0 Å². The molecule has 2 aromatic carbocycles. The number of hydrogen-bond donors (Lipinski definition) is 4. The number of hydrogen-bond acceptors (Lipinski definition) is 8. The highest BCUT2D eigenvalue weighted by Crippen LogP contribution is 2.24. The molecule has 0 aromatic heterocycles. The second kappa shape index (κ2) is 8.97. The van der Waals surface area contributed by atoms with Gasteiger partial charge in [-0.2, -0.15) is 21.2 Å². The van der Waals surface area contributed by atoms with Crippen molar-refractivity contribution in [3.63, 3.8) is 0 Å². The highest BCUT2D eigenvalue weighted by atomic mass is 16.5. The van der Waals surface area contributed by atoms with Crippen LogP contribution in [0.25, 0.3) is 0 Å². The van der Waals surface area contributed by atoms with E-state index in [1.165, 1.54) is 10.0 Å². The fourth-order valence-electron chi connectivity index (χ4n) is 3.53. The fraction of sp³-hybridized carbons (Fsp3) is 0.273. The number of hydroxylamine groups is 2. The molecular formula is C22H26N6O4. The van der Waals surface area contributed by atoms with Crippen molar-refractivity contribution in [3.8, 4) is 0 Å². The summed E-state index contributed by atoms with van der Waals surface area (Å²) in [5.41, 5.74) is 4.41. The molecule has 2 amide bonds. The van der Waals surface area contributed by atoms with Crippen LogP contribution in [0.2, 0.25) is 0 Å². The molecule has 0 saturated carbocycles. The minimum absolute atomic E-state index is 0.283. The Hall–Kier alpha value is -3.44. The van der Waals surface area contributed by atoms with Crippen LogP contribution in [-0.4, -0.2) is 68.8 Å². The third-order valence-electron chi connectivity index (χ3n) is 5.43. The molecule has 4 N–H and O–H groups in total. The molecule has 0 bridgehead atoms. The summed E-state index contributed by atoms with van der Waals surface area (Å²) in [5, 5.41) is 29.1. The number of rotatable bonds is 4. The Kier molecular flexibility index (Phi) is 6.51. The zero-order valence-corrected chi connectivity index (χ0v) is 18.3. The standard InChI is InChI=1S/2C11H13N3O2/c2*1-11(13-16)9(12-14(2)10(11)15)8-6-4-3-5-7-8/h2*3-7,13,16H,1-2H3. The first-order valence-electron chi connectivity index (χ1n) is 9.87. The first-order valence-corrected chi connectivity index (χ1v) is 9.87. The topological polar surface area (TPSA) is 130 Å². The number of amides is 2. The van der Waals surface area contributed by atoms with Gasteiger partial charge in [0, 0.05) is 25.2 Å². The predicted octanol–water partition coefficient (Wildman–Crippen LogP) is 1.20. The number of benzene rings is 2. The van der Waals surface area contributed by atoms with Crippen LogP contribution in [0.1, 0.15) is 25.0 Å². The van der Waals surface area contributed by atoms with Crippen LogP contribution >= 0.6 is 0 Å². The zero-order chi connectivity index (χ0) is 23.5. The lowest BCUT2D eigenvalue weighted by Crippen LogP contribution is -2.53. The summed E-state index contributed by atoms with van der Waals surface area (Å²) in [6, 6.07) is 18.6. The SMILES string of the molecule is CN1N=C(c2ccccc2)C(C)(NO)C1=O.CN1N=C(c2ccccc2)C(C)(NO)C1=O. The van der Waals surface area contributed by atoms with E-state index in [1.807, 2.05) is 71.6 Å². The van der Waals surface area contributed by atoms with E-state index in [0.717, 1.165) is 11.1 Å². The van der Waals surface area contributed by atoms with E-state index >= 15 is 0 Å². The molecule has 2 aromatic rings. The molecule has 2 unspecified atom stereocenters. The van der Waals surface area contributed by atoms with Crippen LogP contribution in [0.4, 0.5) is 0 Å². The van der Waals surface area contributed by atoms with Gasteiger partial charge in [0.25, 0.3) is 11.8 Å². The summed E-state index contributed by atoms with van der Waals surface area (Å²) < 4.78 is 0. The predicted molar refractivity (Wildman–Crippen MR) is 118 cm³/mol. The molecule has 32 heavy (non-hydrogen) atoms. The van der Waals surface area contributed by atoms with Crippen molar-refractivity contribution in [2.75, 3.05) is 14.1 Å². The van der Waals surface area contributed by atoms with Gasteiger partial charge in [0.15, 0.2) is 11.1 Å². The van der Waals surface area contributed by atoms with Gasteiger partial charge in [0.05, 0.1) is 11.4 Å². The number of nitrogens with zero attached hydrogens (tertiary/aromatic N) is 4. The van der Waals surface area contributed by atoms with Crippen molar-refractivity contribution in [1.29, 1.82) is 0 Å². The van der Waals surface area contributed by atoms with E-state index in [4.69, 9.17) is 10.4 Å². The number of likely N-dealkylation sites (N-methyl/N-ethyl adjacent to an activating group) is 2. The first kappa shape index (κ1) is 23.2. The van der Waals surface area contributed by atoms with E-state index < -0.39 is 11.1 Å². The molecule has 0 spiro atoms. The monoisotopic (exact) mass is 438 g/mol. The Balaban J connectivity index is 0.000000181. The Morgan fingerprint density at radius 2 is 1.00 bits per heavy atom. The third kappa shape index (κ3) is 3.92. The Bertz CT molecular complexity index is 973. The average molecular weight is 438 g/mol. The van der Waals surface area contributed by atoms with Crippen molar-refractivity contribution in [2.24, 2.45) is 10.2 Å². The second-order valence-electron chi connectivity index (χ2n) is 7.76. The molecule has 2 heterocycles. The number of carbonyl (C=O) groups excluding carboxylic acids is 2. The van der Waals surface area contributed by atoms with Crippen molar-refractivity contribution in [2.45, 2.75) is 24.9 Å². The lowest BCUT2D eigenvalue weighted by Gasteiger charge is -2.21. The van der Waals surface area contributed by atoms with Gasteiger partial charge in [0.1, 0.15) is 0 Å². The Morgan fingerprint density at radius 3 is 1.28 bits per heavy atom. The maximum absolute atomic E-state index is 11.8. The lowest BCUT2D eigenvalue weighted by atomic mass is 9.91. The smallest absolute Gasteiger partial charge is 0.270 e. The summed E-state index contributed by atoms with van der Waals surface area (Å²) in [5.74, 6) is -0.567. The number of carbonyl (C=O) groups is 2. The third-order valence-corrected chi connectivity index (χ3v) is 5.43. The molecule has 10 heteroatoms. The van der Waals surface area contributed by atoms with Crippen molar-refractivity contribution in [3.05, 3.63) is 71.8 Å². The highest BCUT2D eigenvalue weighted by Gasteiger charge is 2.47. The zero-order valence-electron chi connectivity index (χ0n) is 18.3. The van der Waals surface area contributed by atoms with Gasteiger partial charge in [-0.1, -0.05) is 60.7 Å². The first-order chi connectivity index (χ1) is 15.2. The summed E-state index contributed by atoms with van der Waals surface area (Å²) in [6.45, 7) is 3.20. The van der Waals surface area contributed by atoms with Gasteiger partial charge in [-0.25, -0.2) is 10.0 Å². The fourth-order valence-corrected chi connectivity index (χ4v) is 3.53. The molecule has 4 rings (SSSR count). The number of hydrazone groups is 2. The maximum atomic E-state index is 11.8. The molecular weight excluding hydrogens is 412 g/mol. The van der Waals surface area contributed by atoms with E-state index in [1.54, 1.807) is 27.9 Å². The summed E-state index contributed by atoms with van der Waals surface area (Å²) in [6.07, 6.45) is 0. The van der Waals surface area contributed by atoms with Gasteiger partial charge < -0.3 is 10.4 Å². The molecule has 0 saturated heterocycles. The van der Waals surface area contributed by atoms with Crippen LogP contribution in [0.3, 0.4) is 0 Å². The van der Waals surface area contributed by atoms with E-state index in [-0.39, 0.29) is 11.8 Å². The number of nitrogens with one attached hydrogen (secondary N) is 2. The van der Waals surface area contributed by atoms with Gasteiger partial charge in [0.2, 0.25) is 0 Å². The van der Waals surface area contributed by atoms with Crippen LogP contribution in [0.15, 0.2) is 70.9 Å². The van der Waals surface area contributed by atoms with Gasteiger partial charge in [-0.15, -0.1) is 0 Å².